The number of carbonyl (C=O) groups is 2. The van der Waals surface area contributed by atoms with Gasteiger partial charge >= 0.3 is 5.91 Å². The number of carbonyl (C=O) groups excluding carboxylic acids is 2. The SMILES string of the molecule is CC1C=NN(c2ccc3c(c2)ONC=C3)C(=O)C1=O. The second kappa shape index (κ2) is 4.24. The minimum absolute atomic E-state index is 0.466. The molecule has 96 valence electrons. The molecule has 0 saturated heterocycles. The molecule has 1 N–H and O–H groups in total. The van der Waals surface area contributed by atoms with Gasteiger partial charge in [-0.1, -0.05) is 0 Å². The standard InChI is InChI=1S/C13H11N3O3/c1-8-7-14-16(13(18)12(8)17)10-3-2-9-4-5-15-19-11(9)6-10/h2-8,15H,1H3. The van der Waals surface area contributed by atoms with Crippen molar-refractivity contribution < 1.29 is 14.4 Å². The van der Waals surface area contributed by atoms with Crippen LogP contribution in [0, 0.1) is 5.92 Å². The van der Waals surface area contributed by atoms with Crippen molar-refractivity contribution in [2.24, 2.45) is 11.0 Å². The highest BCUT2D eigenvalue weighted by molar-refractivity contribution is 6.45. The van der Waals surface area contributed by atoms with E-state index < -0.39 is 17.6 Å². The molecule has 1 unspecified atom stereocenters. The summed E-state index contributed by atoms with van der Waals surface area (Å²) in [6.45, 7) is 1.64. The van der Waals surface area contributed by atoms with E-state index in [2.05, 4.69) is 10.6 Å². The van der Waals surface area contributed by atoms with Crippen LogP contribution in [-0.2, 0) is 9.59 Å². The predicted molar refractivity (Wildman–Crippen MR) is 69.4 cm³/mol. The Morgan fingerprint density at radius 2 is 2.21 bits per heavy atom. The van der Waals surface area contributed by atoms with E-state index in [0.717, 1.165) is 10.6 Å². The summed E-state index contributed by atoms with van der Waals surface area (Å²) in [6.07, 6.45) is 4.97. The number of hydrogen-bond acceptors (Lipinski definition) is 5. The number of fused-ring (bicyclic) bond motifs is 1. The first-order valence-electron chi connectivity index (χ1n) is 5.82. The molecule has 0 aliphatic carbocycles. The van der Waals surface area contributed by atoms with Crippen molar-refractivity contribution in [3.63, 3.8) is 0 Å². The van der Waals surface area contributed by atoms with Gasteiger partial charge in [0.15, 0.2) is 5.75 Å². The van der Waals surface area contributed by atoms with Crippen LogP contribution in [0.25, 0.3) is 6.08 Å². The number of hydroxylamine groups is 1. The number of amides is 1. The second-order valence-electron chi connectivity index (χ2n) is 4.31. The molecule has 6 heteroatoms. The lowest BCUT2D eigenvalue weighted by Crippen LogP contribution is -2.40. The third-order valence-electron chi connectivity index (χ3n) is 2.96. The molecular formula is C13H11N3O3. The lowest BCUT2D eigenvalue weighted by atomic mass is 10.1. The smallest absolute Gasteiger partial charge is 0.315 e. The van der Waals surface area contributed by atoms with Gasteiger partial charge in [0.05, 0.1) is 11.6 Å². The van der Waals surface area contributed by atoms with Crippen LogP contribution in [0.15, 0.2) is 29.5 Å². The zero-order valence-electron chi connectivity index (χ0n) is 10.2. The van der Waals surface area contributed by atoms with Gasteiger partial charge < -0.3 is 4.84 Å². The Morgan fingerprint density at radius 3 is 3.05 bits per heavy atom. The average molecular weight is 257 g/mol. The fourth-order valence-electron chi connectivity index (χ4n) is 1.87. The maximum absolute atomic E-state index is 11.9. The van der Waals surface area contributed by atoms with Crippen LogP contribution < -0.4 is 15.3 Å². The maximum atomic E-state index is 11.9. The molecule has 2 aliphatic rings. The molecule has 0 spiro atoms. The van der Waals surface area contributed by atoms with Gasteiger partial charge in [-0.3, -0.25) is 9.59 Å². The van der Waals surface area contributed by atoms with E-state index in [1.807, 2.05) is 6.08 Å². The number of nitrogens with one attached hydrogen (secondary N) is 1. The summed E-state index contributed by atoms with van der Waals surface area (Å²) in [5, 5.41) is 5.09. The van der Waals surface area contributed by atoms with Crippen LogP contribution in [0.1, 0.15) is 12.5 Å². The summed E-state index contributed by atoms with van der Waals surface area (Å²) < 4.78 is 0. The zero-order chi connectivity index (χ0) is 13.4. The Morgan fingerprint density at radius 1 is 1.37 bits per heavy atom. The quantitative estimate of drug-likeness (QED) is 0.764. The highest BCUT2D eigenvalue weighted by Crippen LogP contribution is 2.29. The molecular weight excluding hydrogens is 246 g/mol. The number of hydrogen-bond donors (Lipinski definition) is 1. The highest BCUT2D eigenvalue weighted by atomic mass is 16.6. The first-order valence-corrected chi connectivity index (χ1v) is 5.82. The lowest BCUT2D eigenvalue weighted by molar-refractivity contribution is -0.137. The fraction of sp³-hybridized carbons (Fsp3) is 0.154. The topological polar surface area (TPSA) is 71.0 Å². The van der Waals surface area contributed by atoms with Crippen molar-refractivity contribution in [2.75, 3.05) is 5.01 Å². The van der Waals surface area contributed by atoms with Crippen LogP contribution in [0.3, 0.4) is 0 Å². The molecule has 0 saturated carbocycles. The van der Waals surface area contributed by atoms with Gasteiger partial charge in [0.1, 0.15) is 0 Å². The second-order valence-corrected chi connectivity index (χ2v) is 4.31. The molecule has 2 heterocycles. The molecule has 0 bridgehead atoms. The Hall–Kier alpha value is -2.63. The van der Waals surface area contributed by atoms with E-state index in [4.69, 9.17) is 4.84 Å². The molecule has 3 rings (SSSR count). The van der Waals surface area contributed by atoms with E-state index in [1.54, 1.807) is 31.3 Å². The fourth-order valence-corrected chi connectivity index (χ4v) is 1.87. The molecule has 19 heavy (non-hydrogen) atoms. The molecule has 0 aromatic heterocycles. The summed E-state index contributed by atoms with van der Waals surface area (Å²) in [6, 6.07) is 5.17. The number of rotatable bonds is 1. The Bertz CT molecular complexity index is 622. The van der Waals surface area contributed by atoms with E-state index in [-0.39, 0.29) is 0 Å². The van der Waals surface area contributed by atoms with Crippen LogP contribution in [0.2, 0.25) is 0 Å². The molecule has 2 aliphatic heterocycles. The number of nitrogens with zero attached hydrogens (tertiary/aromatic N) is 2. The number of hydrazone groups is 1. The highest BCUT2D eigenvalue weighted by Gasteiger charge is 2.31. The van der Waals surface area contributed by atoms with Gasteiger partial charge in [0.2, 0.25) is 5.78 Å². The summed E-state index contributed by atoms with van der Waals surface area (Å²) >= 11 is 0. The molecule has 6 nitrogen and oxygen atoms in total. The Balaban J connectivity index is 1.99. The third-order valence-corrected chi connectivity index (χ3v) is 2.96. The number of Topliss-reactive ketones (excluding diaryl/α,β-unsaturated/α-hetero) is 1. The number of ketones is 1. The molecule has 1 amide bonds. The van der Waals surface area contributed by atoms with Crippen molar-refractivity contribution in [1.29, 1.82) is 0 Å². The van der Waals surface area contributed by atoms with Crippen molar-refractivity contribution in [2.45, 2.75) is 6.92 Å². The molecule has 1 aromatic carbocycles. The van der Waals surface area contributed by atoms with Crippen LogP contribution in [0.4, 0.5) is 5.69 Å². The average Bonchev–Trinajstić information content (AvgIpc) is 2.44. The van der Waals surface area contributed by atoms with Gasteiger partial charge in [-0.05, 0) is 25.1 Å². The third kappa shape index (κ3) is 1.87. The van der Waals surface area contributed by atoms with Gasteiger partial charge in [0, 0.05) is 24.0 Å². The Labute approximate surface area is 109 Å². The van der Waals surface area contributed by atoms with Crippen molar-refractivity contribution in [3.05, 3.63) is 30.0 Å². The van der Waals surface area contributed by atoms with E-state index in [1.165, 1.54) is 6.21 Å². The van der Waals surface area contributed by atoms with Gasteiger partial charge in [-0.15, -0.1) is 0 Å². The molecule has 0 radical (unpaired) electrons. The van der Waals surface area contributed by atoms with Crippen molar-refractivity contribution >= 4 is 29.7 Å². The van der Waals surface area contributed by atoms with Crippen molar-refractivity contribution in [1.82, 2.24) is 5.48 Å². The van der Waals surface area contributed by atoms with Gasteiger partial charge in [-0.2, -0.15) is 10.1 Å². The summed E-state index contributed by atoms with van der Waals surface area (Å²) in [4.78, 5) is 28.8. The molecule has 1 atom stereocenters. The maximum Gasteiger partial charge on any atom is 0.315 e. The van der Waals surface area contributed by atoms with E-state index >= 15 is 0 Å². The summed E-state index contributed by atoms with van der Waals surface area (Å²) in [5.74, 6) is -0.989. The summed E-state index contributed by atoms with van der Waals surface area (Å²) in [7, 11) is 0. The zero-order valence-corrected chi connectivity index (χ0v) is 10.2. The number of benzene rings is 1. The van der Waals surface area contributed by atoms with Crippen molar-refractivity contribution in [3.8, 4) is 5.75 Å². The van der Waals surface area contributed by atoms with Crippen LogP contribution in [-0.4, -0.2) is 17.9 Å². The van der Waals surface area contributed by atoms with Crippen LogP contribution >= 0.6 is 0 Å². The summed E-state index contributed by atoms with van der Waals surface area (Å²) in [5.41, 5.74) is 3.99. The molecule has 0 fully saturated rings. The molecule has 1 aromatic rings. The first kappa shape index (κ1) is 11.5. The van der Waals surface area contributed by atoms with Gasteiger partial charge in [-0.25, -0.2) is 5.48 Å². The normalized spacial score (nSPS) is 20.9. The van der Waals surface area contributed by atoms with E-state index in [0.29, 0.717) is 11.4 Å². The first-order chi connectivity index (χ1) is 9.16. The lowest BCUT2D eigenvalue weighted by Gasteiger charge is -2.23. The van der Waals surface area contributed by atoms with Gasteiger partial charge in [0.25, 0.3) is 0 Å². The predicted octanol–water partition coefficient (Wildman–Crippen LogP) is 1.09. The monoisotopic (exact) mass is 257 g/mol. The largest absolute Gasteiger partial charge is 0.382 e. The Kier molecular flexibility index (Phi) is 2.56. The number of anilines is 1. The minimum atomic E-state index is -0.630. The van der Waals surface area contributed by atoms with E-state index in [9.17, 15) is 9.59 Å². The minimum Gasteiger partial charge on any atom is -0.382 e. The van der Waals surface area contributed by atoms with Crippen LogP contribution in [0.5, 0.6) is 5.75 Å².